The van der Waals surface area contributed by atoms with E-state index >= 15 is 0 Å². The molecule has 1 aliphatic heterocycles. The van der Waals surface area contributed by atoms with Crippen molar-refractivity contribution in [2.45, 2.75) is 69.7 Å². The van der Waals surface area contributed by atoms with E-state index in [0.29, 0.717) is 6.04 Å². The summed E-state index contributed by atoms with van der Waals surface area (Å²) in [6, 6.07) is 0.400. The van der Waals surface area contributed by atoms with Gasteiger partial charge in [-0.3, -0.25) is 9.69 Å². The fraction of sp³-hybridized carbons (Fsp3) is 0.933. The highest BCUT2D eigenvalue weighted by Crippen LogP contribution is 2.37. The van der Waals surface area contributed by atoms with Crippen molar-refractivity contribution < 1.29 is 9.53 Å². The molecular weight excluding hydrogens is 254 g/mol. The molecule has 2 aliphatic rings. The number of primary amides is 1. The van der Waals surface area contributed by atoms with Crippen LogP contribution < -0.4 is 11.1 Å². The van der Waals surface area contributed by atoms with Crippen LogP contribution in [0.5, 0.6) is 0 Å². The van der Waals surface area contributed by atoms with Crippen molar-refractivity contribution in [3.8, 4) is 0 Å². The van der Waals surface area contributed by atoms with Gasteiger partial charge >= 0.3 is 0 Å². The molecule has 0 spiro atoms. The molecule has 2 atom stereocenters. The Balaban J connectivity index is 2.11. The first kappa shape index (κ1) is 15.7. The molecule has 0 bridgehead atoms. The summed E-state index contributed by atoms with van der Waals surface area (Å²) in [6.45, 7) is 10.3. The van der Waals surface area contributed by atoms with E-state index in [1.807, 2.05) is 7.05 Å². The number of nitrogens with one attached hydrogen (secondary N) is 1. The molecule has 3 N–H and O–H groups in total. The van der Waals surface area contributed by atoms with E-state index in [-0.39, 0.29) is 17.1 Å². The van der Waals surface area contributed by atoms with E-state index in [1.54, 1.807) is 0 Å². The lowest BCUT2D eigenvalue weighted by Gasteiger charge is -2.49. The second-order valence-corrected chi connectivity index (χ2v) is 7.62. The molecule has 5 heteroatoms. The van der Waals surface area contributed by atoms with Crippen LogP contribution in [0, 0.1) is 0 Å². The van der Waals surface area contributed by atoms with Crippen molar-refractivity contribution >= 4 is 5.91 Å². The first-order chi connectivity index (χ1) is 9.09. The summed E-state index contributed by atoms with van der Waals surface area (Å²) in [6.07, 6.45) is 2.63. The Labute approximate surface area is 122 Å². The predicted molar refractivity (Wildman–Crippen MR) is 79.4 cm³/mol. The summed E-state index contributed by atoms with van der Waals surface area (Å²) in [5, 5.41) is 3.15. The van der Waals surface area contributed by atoms with Gasteiger partial charge in [0.25, 0.3) is 0 Å². The van der Waals surface area contributed by atoms with E-state index in [9.17, 15) is 4.79 Å². The fourth-order valence-electron chi connectivity index (χ4n) is 4.01. The maximum Gasteiger partial charge on any atom is 0.237 e. The Bertz CT molecular complexity index is 379. The molecule has 20 heavy (non-hydrogen) atoms. The van der Waals surface area contributed by atoms with Gasteiger partial charge in [-0.2, -0.15) is 0 Å². The minimum Gasteiger partial charge on any atom is -0.368 e. The first-order valence-corrected chi connectivity index (χ1v) is 7.52. The van der Waals surface area contributed by atoms with Gasteiger partial charge in [0.2, 0.25) is 5.91 Å². The maximum atomic E-state index is 11.8. The predicted octanol–water partition coefficient (Wildman–Crippen LogP) is 0.872. The van der Waals surface area contributed by atoms with E-state index in [1.165, 1.54) is 0 Å². The van der Waals surface area contributed by atoms with Gasteiger partial charge in [-0.05, 0) is 54.0 Å². The number of hydrogen-bond acceptors (Lipinski definition) is 4. The van der Waals surface area contributed by atoms with Crippen molar-refractivity contribution in [3.63, 3.8) is 0 Å². The van der Waals surface area contributed by atoms with E-state index in [2.05, 4.69) is 37.9 Å². The Kier molecular flexibility index (Phi) is 3.91. The molecule has 1 aliphatic carbocycles. The van der Waals surface area contributed by atoms with Crippen molar-refractivity contribution in [3.05, 3.63) is 0 Å². The highest BCUT2D eigenvalue weighted by Gasteiger charge is 2.48. The smallest absolute Gasteiger partial charge is 0.237 e. The van der Waals surface area contributed by atoms with Gasteiger partial charge in [0, 0.05) is 19.1 Å². The summed E-state index contributed by atoms with van der Waals surface area (Å²) in [4.78, 5) is 14.2. The molecule has 0 radical (unpaired) electrons. The number of nitrogens with zero attached hydrogens (tertiary/aromatic N) is 1. The molecule has 5 nitrogen and oxygen atoms in total. The van der Waals surface area contributed by atoms with Gasteiger partial charge in [0.05, 0.1) is 16.7 Å². The van der Waals surface area contributed by atoms with Crippen LogP contribution in [0.2, 0.25) is 0 Å². The zero-order valence-electron chi connectivity index (χ0n) is 13.5. The Morgan fingerprint density at radius 2 is 1.80 bits per heavy atom. The molecule has 1 saturated heterocycles. The Morgan fingerprint density at radius 1 is 1.25 bits per heavy atom. The third-order valence-corrected chi connectivity index (χ3v) is 4.68. The lowest BCUT2D eigenvalue weighted by molar-refractivity contribution is -0.187. The molecule has 0 aromatic carbocycles. The zero-order valence-corrected chi connectivity index (χ0v) is 13.5. The largest absolute Gasteiger partial charge is 0.368 e. The minimum atomic E-state index is -0.530. The summed E-state index contributed by atoms with van der Waals surface area (Å²) < 4.78 is 6.13. The number of morpholine rings is 1. The summed E-state index contributed by atoms with van der Waals surface area (Å²) in [5.41, 5.74) is 4.76. The standard InChI is InChI=1S/C15H29N3O2/c1-13(2)9-18(10-14(3,4)20-13)11-6-7-15(8-11,17-5)12(16)19/h11,17H,6-10H2,1-5H3,(H2,16,19). The molecule has 1 amide bonds. The number of carbonyl (C=O) groups is 1. The summed E-state index contributed by atoms with van der Waals surface area (Å²) in [5.74, 6) is -0.228. The van der Waals surface area contributed by atoms with Gasteiger partial charge < -0.3 is 15.8 Å². The van der Waals surface area contributed by atoms with E-state index in [4.69, 9.17) is 10.5 Å². The van der Waals surface area contributed by atoms with Crippen LogP contribution in [0.25, 0.3) is 0 Å². The molecule has 2 unspecified atom stereocenters. The quantitative estimate of drug-likeness (QED) is 0.806. The third-order valence-electron chi connectivity index (χ3n) is 4.68. The summed E-state index contributed by atoms with van der Waals surface area (Å²) >= 11 is 0. The van der Waals surface area contributed by atoms with Crippen LogP contribution in [0.3, 0.4) is 0 Å². The normalized spacial score (nSPS) is 37.0. The number of amides is 1. The maximum absolute atomic E-state index is 11.8. The summed E-state index contributed by atoms with van der Waals surface area (Å²) in [7, 11) is 1.83. The van der Waals surface area contributed by atoms with Crippen molar-refractivity contribution in [2.75, 3.05) is 20.1 Å². The van der Waals surface area contributed by atoms with Crippen LogP contribution in [0.1, 0.15) is 47.0 Å². The molecular formula is C15H29N3O2. The lowest BCUT2D eigenvalue weighted by atomic mass is 9.94. The van der Waals surface area contributed by atoms with Crippen LogP contribution in [0.15, 0.2) is 0 Å². The van der Waals surface area contributed by atoms with Crippen LogP contribution in [-0.2, 0) is 9.53 Å². The van der Waals surface area contributed by atoms with Gasteiger partial charge in [0.15, 0.2) is 0 Å². The third kappa shape index (κ3) is 3.00. The molecule has 2 rings (SSSR count). The van der Waals surface area contributed by atoms with Crippen LogP contribution in [-0.4, -0.2) is 53.7 Å². The highest BCUT2D eigenvalue weighted by molar-refractivity contribution is 5.85. The molecule has 0 aromatic heterocycles. The van der Waals surface area contributed by atoms with Crippen LogP contribution in [0.4, 0.5) is 0 Å². The molecule has 1 heterocycles. The van der Waals surface area contributed by atoms with Crippen molar-refractivity contribution in [1.29, 1.82) is 0 Å². The molecule has 116 valence electrons. The first-order valence-electron chi connectivity index (χ1n) is 7.52. The second kappa shape index (κ2) is 4.97. The average Bonchev–Trinajstić information content (AvgIpc) is 2.70. The van der Waals surface area contributed by atoms with Gasteiger partial charge in [0.1, 0.15) is 0 Å². The monoisotopic (exact) mass is 283 g/mol. The number of rotatable bonds is 3. The molecule has 1 saturated carbocycles. The number of carbonyl (C=O) groups excluding carboxylic acids is 1. The van der Waals surface area contributed by atoms with Gasteiger partial charge in [-0.25, -0.2) is 0 Å². The second-order valence-electron chi connectivity index (χ2n) is 7.62. The molecule has 0 aromatic rings. The Hall–Kier alpha value is -0.650. The topological polar surface area (TPSA) is 67.6 Å². The van der Waals surface area contributed by atoms with Crippen molar-refractivity contribution in [2.24, 2.45) is 5.73 Å². The zero-order chi connectivity index (χ0) is 15.2. The SMILES string of the molecule is CNC1(C(N)=O)CCC(N2CC(C)(C)OC(C)(C)C2)C1. The minimum absolute atomic E-state index is 0.153. The number of hydrogen-bond donors (Lipinski definition) is 2. The number of nitrogens with two attached hydrogens (primary N) is 1. The number of ether oxygens (including phenoxy) is 1. The fourth-order valence-corrected chi connectivity index (χ4v) is 4.01. The van der Waals surface area contributed by atoms with E-state index in [0.717, 1.165) is 32.4 Å². The average molecular weight is 283 g/mol. The Morgan fingerprint density at radius 3 is 2.20 bits per heavy atom. The van der Waals surface area contributed by atoms with E-state index < -0.39 is 5.54 Å². The van der Waals surface area contributed by atoms with Gasteiger partial charge in [-0.1, -0.05) is 0 Å². The van der Waals surface area contributed by atoms with Crippen LogP contribution >= 0.6 is 0 Å². The van der Waals surface area contributed by atoms with Gasteiger partial charge in [-0.15, -0.1) is 0 Å². The number of likely N-dealkylation sites (N-methyl/N-ethyl adjacent to an activating group) is 1. The molecule has 2 fully saturated rings. The lowest BCUT2D eigenvalue weighted by Crippen LogP contribution is -2.60. The highest BCUT2D eigenvalue weighted by atomic mass is 16.5. The van der Waals surface area contributed by atoms with Crippen molar-refractivity contribution in [1.82, 2.24) is 10.2 Å².